The predicted octanol–water partition coefficient (Wildman–Crippen LogP) is 4.34. The first-order valence-electron chi connectivity index (χ1n) is 8.74. The van der Waals surface area contributed by atoms with E-state index in [1.165, 1.54) is 11.9 Å². The van der Waals surface area contributed by atoms with Gasteiger partial charge in [0.05, 0.1) is 17.3 Å². The van der Waals surface area contributed by atoms with Crippen molar-refractivity contribution in [3.63, 3.8) is 0 Å². The van der Waals surface area contributed by atoms with E-state index < -0.39 is 0 Å². The highest BCUT2D eigenvalue weighted by Crippen LogP contribution is 2.31. The third-order valence-electron chi connectivity index (χ3n) is 4.27. The molecule has 7 nitrogen and oxygen atoms in total. The predicted molar refractivity (Wildman–Crippen MR) is 114 cm³/mol. The van der Waals surface area contributed by atoms with Crippen molar-refractivity contribution in [2.75, 3.05) is 23.5 Å². The van der Waals surface area contributed by atoms with Gasteiger partial charge >= 0.3 is 0 Å². The van der Waals surface area contributed by atoms with Crippen LogP contribution in [0.25, 0.3) is 10.2 Å². The lowest BCUT2D eigenvalue weighted by Crippen LogP contribution is -2.08. The van der Waals surface area contributed by atoms with Gasteiger partial charge in [0.1, 0.15) is 17.8 Å². The van der Waals surface area contributed by atoms with Crippen LogP contribution in [0.4, 0.5) is 22.5 Å². The molecule has 0 aliphatic rings. The number of aryl methyl sites for hydroxylation is 1. The van der Waals surface area contributed by atoms with E-state index in [1.807, 2.05) is 36.4 Å². The molecule has 0 spiro atoms. The van der Waals surface area contributed by atoms with E-state index in [0.717, 1.165) is 26.7 Å². The topological polar surface area (TPSA) is 98.0 Å². The Morgan fingerprint density at radius 2 is 1.86 bits per heavy atom. The van der Waals surface area contributed by atoms with Crippen LogP contribution in [0.3, 0.4) is 0 Å². The smallest absolute Gasteiger partial charge is 0.189 e. The van der Waals surface area contributed by atoms with Gasteiger partial charge < -0.3 is 21.1 Å². The number of rotatable bonds is 6. The van der Waals surface area contributed by atoms with Gasteiger partial charge in [-0.05, 0) is 42.3 Å². The maximum absolute atomic E-state index is 6.27. The fourth-order valence-corrected chi connectivity index (χ4v) is 3.71. The maximum atomic E-state index is 6.27. The Morgan fingerprint density at radius 1 is 1.07 bits per heavy atom. The minimum Gasteiger partial charge on any atom is -0.497 e. The lowest BCUT2D eigenvalue weighted by atomic mass is 10.2. The molecule has 4 N–H and O–H groups in total. The van der Waals surface area contributed by atoms with Crippen LogP contribution >= 0.6 is 11.3 Å². The van der Waals surface area contributed by atoms with Gasteiger partial charge in [-0.2, -0.15) is 0 Å². The fourth-order valence-electron chi connectivity index (χ4n) is 2.75. The zero-order valence-electron chi connectivity index (χ0n) is 15.6. The second kappa shape index (κ2) is 7.69. The Bertz CT molecular complexity index is 1110. The summed E-state index contributed by atoms with van der Waals surface area (Å²) in [5.41, 5.74) is 9.96. The molecule has 0 aliphatic heterocycles. The second-order valence-corrected chi connectivity index (χ2v) is 7.33. The molecule has 4 rings (SSSR count). The molecule has 0 atom stereocenters. The standard InChI is InChI=1S/C20H20N6OS/c1-12-3-8-15-16(9-12)28-20(25-15)26-19-17(21)18(23-11-24-19)22-10-13-4-6-14(27-2)7-5-13/h3-9,11H,10,21H2,1-2H3,(H2,22,23,24,25,26). The monoisotopic (exact) mass is 392 g/mol. The van der Waals surface area contributed by atoms with Gasteiger partial charge in [-0.1, -0.05) is 29.5 Å². The summed E-state index contributed by atoms with van der Waals surface area (Å²) >= 11 is 1.56. The van der Waals surface area contributed by atoms with Gasteiger partial charge in [-0.15, -0.1) is 0 Å². The Morgan fingerprint density at radius 3 is 2.64 bits per heavy atom. The molecule has 2 aromatic heterocycles. The second-order valence-electron chi connectivity index (χ2n) is 6.30. The van der Waals surface area contributed by atoms with Crippen LogP contribution in [0.1, 0.15) is 11.1 Å². The van der Waals surface area contributed by atoms with E-state index in [2.05, 4.69) is 38.6 Å². The fraction of sp³-hybridized carbons (Fsp3) is 0.150. The third kappa shape index (κ3) is 3.81. The molecule has 28 heavy (non-hydrogen) atoms. The van der Waals surface area contributed by atoms with Crippen LogP contribution < -0.4 is 21.1 Å². The molecule has 2 heterocycles. The minimum atomic E-state index is 0.450. The molecule has 0 fully saturated rings. The van der Waals surface area contributed by atoms with Gasteiger partial charge in [0.25, 0.3) is 0 Å². The molecule has 0 bridgehead atoms. The molecule has 4 aromatic rings. The average Bonchev–Trinajstić information content (AvgIpc) is 3.10. The Labute approximate surface area is 166 Å². The first kappa shape index (κ1) is 18.0. The Kier molecular flexibility index (Phi) is 4.94. The van der Waals surface area contributed by atoms with Gasteiger partial charge in [0.2, 0.25) is 0 Å². The summed E-state index contributed by atoms with van der Waals surface area (Å²) in [6.07, 6.45) is 1.48. The Balaban J connectivity index is 1.50. The number of methoxy groups -OCH3 is 1. The zero-order chi connectivity index (χ0) is 19.5. The van der Waals surface area contributed by atoms with E-state index in [0.29, 0.717) is 23.9 Å². The largest absolute Gasteiger partial charge is 0.497 e. The van der Waals surface area contributed by atoms with Crippen molar-refractivity contribution in [3.8, 4) is 5.75 Å². The third-order valence-corrected chi connectivity index (χ3v) is 5.21. The van der Waals surface area contributed by atoms with Gasteiger partial charge in [-0.25, -0.2) is 15.0 Å². The summed E-state index contributed by atoms with van der Waals surface area (Å²) in [7, 11) is 1.65. The van der Waals surface area contributed by atoms with Crippen molar-refractivity contribution < 1.29 is 4.74 Å². The van der Waals surface area contributed by atoms with Crippen LogP contribution in [-0.2, 0) is 6.54 Å². The first-order chi connectivity index (χ1) is 13.6. The van der Waals surface area contributed by atoms with Gasteiger partial charge in [0, 0.05) is 6.54 Å². The number of hydrogen-bond donors (Lipinski definition) is 3. The summed E-state index contributed by atoms with van der Waals surface area (Å²) in [5.74, 6) is 1.93. The van der Waals surface area contributed by atoms with E-state index in [1.54, 1.807) is 18.4 Å². The maximum Gasteiger partial charge on any atom is 0.189 e. The first-order valence-corrected chi connectivity index (χ1v) is 9.55. The number of fused-ring (bicyclic) bond motifs is 1. The van der Waals surface area contributed by atoms with Crippen molar-refractivity contribution in [2.24, 2.45) is 0 Å². The molecule has 0 aliphatic carbocycles. The average molecular weight is 392 g/mol. The molecule has 0 amide bonds. The SMILES string of the molecule is COc1ccc(CNc2ncnc(Nc3nc4ccc(C)cc4s3)c2N)cc1. The molecular formula is C20H20N6OS. The van der Waals surface area contributed by atoms with Gasteiger partial charge in [-0.3, -0.25) is 0 Å². The minimum absolute atomic E-state index is 0.450. The van der Waals surface area contributed by atoms with E-state index >= 15 is 0 Å². The molecule has 0 unspecified atom stereocenters. The normalized spacial score (nSPS) is 10.8. The number of hydrogen-bond acceptors (Lipinski definition) is 8. The molecule has 8 heteroatoms. The van der Waals surface area contributed by atoms with Crippen molar-refractivity contribution in [3.05, 3.63) is 59.9 Å². The Hall–Kier alpha value is -3.39. The van der Waals surface area contributed by atoms with E-state index in [-0.39, 0.29) is 0 Å². The summed E-state index contributed by atoms with van der Waals surface area (Å²) < 4.78 is 6.30. The highest BCUT2D eigenvalue weighted by atomic mass is 32.1. The quantitative estimate of drug-likeness (QED) is 0.449. The summed E-state index contributed by atoms with van der Waals surface area (Å²) in [6.45, 7) is 2.65. The lowest BCUT2D eigenvalue weighted by Gasteiger charge is -2.11. The highest BCUT2D eigenvalue weighted by Gasteiger charge is 2.11. The molecular weight excluding hydrogens is 372 g/mol. The zero-order valence-corrected chi connectivity index (χ0v) is 16.4. The molecule has 0 saturated heterocycles. The summed E-state index contributed by atoms with van der Waals surface area (Å²) in [6, 6.07) is 14.0. The number of nitrogens with zero attached hydrogens (tertiary/aromatic N) is 3. The number of nitrogens with two attached hydrogens (primary N) is 1. The van der Waals surface area contributed by atoms with Crippen LogP contribution in [0.15, 0.2) is 48.8 Å². The van der Waals surface area contributed by atoms with E-state index in [9.17, 15) is 0 Å². The summed E-state index contributed by atoms with van der Waals surface area (Å²) in [4.78, 5) is 13.1. The molecule has 0 radical (unpaired) electrons. The van der Waals surface area contributed by atoms with E-state index in [4.69, 9.17) is 10.5 Å². The number of benzene rings is 2. The van der Waals surface area contributed by atoms with Crippen LogP contribution in [0, 0.1) is 6.92 Å². The number of aromatic nitrogens is 3. The number of thiazole rings is 1. The number of nitrogens with one attached hydrogen (secondary N) is 2. The van der Waals surface area contributed by atoms with Crippen molar-refractivity contribution in [1.29, 1.82) is 0 Å². The van der Waals surface area contributed by atoms with Crippen LogP contribution in [-0.4, -0.2) is 22.1 Å². The number of nitrogen functional groups attached to an aromatic ring is 1. The molecule has 142 valence electrons. The number of ether oxygens (including phenoxy) is 1. The van der Waals surface area contributed by atoms with Crippen molar-refractivity contribution in [2.45, 2.75) is 13.5 Å². The lowest BCUT2D eigenvalue weighted by molar-refractivity contribution is 0.414. The summed E-state index contributed by atoms with van der Waals surface area (Å²) in [5, 5.41) is 7.21. The van der Waals surface area contributed by atoms with Crippen molar-refractivity contribution in [1.82, 2.24) is 15.0 Å². The van der Waals surface area contributed by atoms with Crippen LogP contribution in [0.5, 0.6) is 5.75 Å². The van der Waals surface area contributed by atoms with Crippen LogP contribution in [0.2, 0.25) is 0 Å². The van der Waals surface area contributed by atoms with Crippen molar-refractivity contribution >= 4 is 44.0 Å². The highest BCUT2D eigenvalue weighted by molar-refractivity contribution is 7.22. The molecule has 2 aromatic carbocycles. The van der Waals surface area contributed by atoms with Gasteiger partial charge in [0.15, 0.2) is 16.8 Å². The molecule has 0 saturated carbocycles. The number of anilines is 4.